The number of phenols is 1. The highest BCUT2D eigenvalue weighted by Gasteiger charge is 2.33. The lowest BCUT2D eigenvalue weighted by Gasteiger charge is -2.37. The third-order valence-corrected chi connectivity index (χ3v) is 6.11. The van der Waals surface area contributed by atoms with Crippen molar-refractivity contribution >= 4 is 11.0 Å². The molecule has 1 N–H and O–H groups in total. The van der Waals surface area contributed by atoms with Gasteiger partial charge in [-0.2, -0.15) is 0 Å². The summed E-state index contributed by atoms with van der Waals surface area (Å²) in [5, 5.41) is 11.6. The minimum Gasteiger partial charge on any atom is -0.507 e. The maximum atomic E-state index is 10.8. The van der Waals surface area contributed by atoms with Crippen LogP contribution in [0.4, 0.5) is 0 Å². The van der Waals surface area contributed by atoms with Crippen LogP contribution in [0.1, 0.15) is 51.5 Å². The minimum atomic E-state index is 0.0474. The average Bonchev–Trinajstić information content (AvgIpc) is 3.08. The molecule has 1 aliphatic carbocycles. The molecule has 0 unspecified atom stereocenters. The predicted molar refractivity (Wildman–Crippen MR) is 103 cm³/mol. The van der Waals surface area contributed by atoms with Crippen LogP contribution in [-0.2, 0) is 5.41 Å². The van der Waals surface area contributed by atoms with E-state index in [1.165, 1.54) is 37.7 Å². The van der Waals surface area contributed by atoms with Crippen LogP contribution in [0.3, 0.4) is 0 Å². The molecule has 0 saturated heterocycles. The summed E-state index contributed by atoms with van der Waals surface area (Å²) < 4.78 is 5.85. The molecule has 130 valence electrons. The summed E-state index contributed by atoms with van der Waals surface area (Å²) in [5.41, 5.74) is 4.02. The lowest BCUT2D eigenvalue weighted by Crippen LogP contribution is -2.30. The van der Waals surface area contributed by atoms with E-state index in [1.807, 2.05) is 36.4 Å². The first-order chi connectivity index (χ1) is 12.1. The predicted octanol–water partition coefficient (Wildman–Crippen LogP) is 6.66. The molecule has 1 aliphatic rings. The van der Waals surface area contributed by atoms with E-state index in [4.69, 9.17) is 4.42 Å². The maximum absolute atomic E-state index is 10.8. The number of benzene rings is 2. The molecule has 25 heavy (non-hydrogen) atoms. The molecule has 0 aliphatic heterocycles. The van der Waals surface area contributed by atoms with E-state index in [1.54, 1.807) is 6.26 Å². The molecule has 0 atom stereocenters. The Hall–Kier alpha value is -2.22. The Morgan fingerprint density at radius 3 is 2.44 bits per heavy atom. The second-order valence-electron chi connectivity index (χ2n) is 7.94. The van der Waals surface area contributed by atoms with Crippen molar-refractivity contribution < 1.29 is 9.52 Å². The van der Waals surface area contributed by atoms with Gasteiger partial charge >= 0.3 is 0 Å². The van der Waals surface area contributed by atoms with Crippen molar-refractivity contribution in [3.63, 3.8) is 0 Å². The van der Waals surface area contributed by atoms with Gasteiger partial charge in [-0.25, -0.2) is 0 Å². The van der Waals surface area contributed by atoms with Crippen LogP contribution >= 0.6 is 0 Å². The summed E-state index contributed by atoms with van der Waals surface area (Å²) in [7, 11) is 0. The first-order valence-corrected chi connectivity index (χ1v) is 9.37. The van der Waals surface area contributed by atoms with Crippen molar-refractivity contribution in [3.8, 4) is 16.9 Å². The largest absolute Gasteiger partial charge is 0.507 e. The van der Waals surface area contributed by atoms with Gasteiger partial charge in [0.2, 0.25) is 0 Å². The molecule has 1 saturated carbocycles. The van der Waals surface area contributed by atoms with Crippen LogP contribution in [0.2, 0.25) is 0 Å². The van der Waals surface area contributed by atoms with Gasteiger partial charge < -0.3 is 9.52 Å². The zero-order chi connectivity index (χ0) is 17.4. The van der Waals surface area contributed by atoms with Gasteiger partial charge in [-0.3, -0.25) is 0 Å². The topological polar surface area (TPSA) is 33.4 Å². The van der Waals surface area contributed by atoms with Crippen LogP contribution < -0.4 is 0 Å². The molecule has 0 bridgehead atoms. The standard InChI is InChI=1S/C23H26O2/c1-23(2,17-11-7-4-8-12-17)18-13-20(24)22-19(15-25-21(22)14-18)16-9-5-3-6-10-16/h3,5-6,9-10,13-15,17,24H,4,7-8,11-12H2,1-2H3. The molecule has 4 rings (SSSR count). The normalized spacial score (nSPS) is 16.4. The highest BCUT2D eigenvalue weighted by molar-refractivity contribution is 5.98. The van der Waals surface area contributed by atoms with E-state index in [0.29, 0.717) is 11.7 Å². The average molecular weight is 334 g/mol. The first kappa shape index (κ1) is 16.3. The zero-order valence-electron chi connectivity index (χ0n) is 15.1. The summed E-state index contributed by atoms with van der Waals surface area (Å²) >= 11 is 0. The fourth-order valence-corrected chi connectivity index (χ4v) is 4.41. The number of phenolic OH excluding ortho intramolecular Hbond substituents is 1. The first-order valence-electron chi connectivity index (χ1n) is 9.37. The van der Waals surface area contributed by atoms with E-state index < -0.39 is 0 Å². The molecule has 2 heteroatoms. The lowest BCUT2D eigenvalue weighted by molar-refractivity contribution is 0.235. The second kappa shape index (κ2) is 6.25. The lowest BCUT2D eigenvalue weighted by atomic mass is 9.67. The Bertz CT molecular complexity index is 868. The molecule has 3 aromatic rings. The van der Waals surface area contributed by atoms with Crippen molar-refractivity contribution in [1.29, 1.82) is 0 Å². The van der Waals surface area contributed by atoms with E-state index in [0.717, 1.165) is 22.1 Å². The summed E-state index contributed by atoms with van der Waals surface area (Å²) in [6.07, 6.45) is 8.31. The fraction of sp³-hybridized carbons (Fsp3) is 0.391. The van der Waals surface area contributed by atoms with E-state index in [-0.39, 0.29) is 5.41 Å². The van der Waals surface area contributed by atoms with E-state index >= 15 is 0 Å². The molecule has 1 fully saturated rings. The summed E-state index contributed by atoms with van der Waals surface area (Å²) in [5.74, 6) is 0.991. The van der Waals surface area contributed by atoms with Crippen molar-refractivity contribution in [2.24, 2.45) is 5.92 Å². The van der Waals surface area contributed by atoms with Crippen LogP contribution in [0.5, 0.6) is 5.75 Å². The van der Waals surface area contributed by atoms with Gasteiger partial charge in [0.15, 0.2) is 0 Å². The van der Waals surface area contributed by atoms with Crippen LogP contribution in [0, 0.1) is 5.92 Å². The van der Waals surface area contributed by atoms with Gasteiger partial charge in [-0.15, -0.1) is 0 Å². The van der Waals surface area contributed by atoms with Crippen molar-refractivity contribution in [2.75, 3.05) is 0 Å². The smallest absolute Gasteiger partial charge is 0.138 e. The third-order valence-electron chi connectivity index (χ3n) is 6.11. The Morgan fingerprint density at radius 2 is 1.72 bits per heavy atom. The van der Waals surface area contributed by atoms with Crippen molar-refractivity contribution in [3.05, 3.63) is 54.3 Å². The number of fused-ring (bicyclic) bond motifs is 1. The van der Waals surface area contributed by atoms with Gasteiger partial charge in [0.1, 0.15) is 11.3 Å². The number of aromatic hydroxyl groups is 1. The Labute approximate surface area is 149 Å². The Kier molecular flexibility index (Phi) is 4.07. The van der Waals surface area contributed by atoms with E-state index in [9.17, 15) is 5.11 Å². The number of hydrogen-bond acceptors (Lipinski definition) is 2. The monoisotopic (exact) mass is 334 g/mol. The second-order valence-corrected chi connectivity index (χ2v) is 7.94. The Morgan fingerprint density at radius 1 is 1.00 bits per heavy atom. The van der Waals surface area contributed by atoms with Crippen LogP contribution in [0.15, 0.2) is 53.1 Å². The molecule has 0 spiro atoms. The highest BCUT2D eigenvalue weighted by Crippen LogP contribution is 2.45. The van der Waals surface area contributed by atoms with Gasteiger partial charge in [0, 0.05) is 5.56 Å². The molecule has 1 aromatic heterocycles. The summed E-state index contributed by atoms with van der Waals surface area (Å²) in [6, 6.07) is 14.2. The summed E-state index contributed by atoms with van der Waals surface area (Å²) in [6.45, 7) is 4.62. The van der Waals surface area contributed by atoms with E-state index in [2.05, 4.69) is 19.9 Å². The minimum absolute atomic E-state index is 0.0474. The number of furan rings is 1. The quantitative estimate of drug-likeness (QED) is 0.580. The highest BCUT2D eigenvalue weighted by atomic mass is 16.3. The molecule has 1 heterocycles. The Balaban J connectivity index is 1.78. The fourth-order valence-electron chi connectivity index (χ4n) is 4.41. The molecular formula is C23H26O2. The molecule has 0 radical (unpaired) electrons. The molecular weight excluding hydrogens is 308 g/mol. The maximum Gasteiger partial charge on any atom is 0.138 e. The van der Waals surface area contributed by atoms with Gasteiger partial charge in [0.25, 0.3) is 0 Å². The van der Waals surface area contributed by atoms with Gasteiger partial charge in [-0.1, -0.05) is 63.4 Å². The van der Waals surface area contributed by atoms with Crippen LogP contribution in [-0.4, -0.2) is 5.11 Å². The van der Waals surface area contributed by atoms with Gasteiger partial charge in [-0.05, 0) is 47.4 Å². The molecule has 2 nitrogen and oxygen atoms in total. The van der Waals surface area contributed by atoms with Crippen molar-refractivity contribution in [2.45, 2.75) is 51.4 Å². The SMILES string of the molecule is CC(C)(c1cc(O)c2c(-c3ccccc3)coc2c1)C1CCCCC1. The number of rotatable bonds is 3. The third kappa shape index (κ3) is 2.84. The summed E-state index contributed by atoms with van der Waals surface area (Å²) in [4.78, 5) is 0. The number of hydrogen-bond donors (Lipinski definition) is 1. The zero-order valence-corrected chi connectivity index (χ0v) is 15.1. The van der Waals surface area contributed by atoms with Crippen LogP contribution in [0.25, 0.3) is 22.1 Å². The van der Waals surface area contributed by atoms with Gasteiger partial charge in [0.05, 0.1) is 11.6 Å². The molecule has 2 aromatic carbocycles. The molecule has 0 amide bonds. The van der Waals surface area contributed by atoms with Crippen molar-refractivity contribution in [1.82, 2.24) is 0 Å².